The lowest BCUT2D eigenvalue weighted by Crippen LogP contribution is -2.51. The van der Waals surface area contributed by atoms with E-state index >= 15 is 0 Å². The second kappa shape index (κ2) is 9.17. The summed E-state index contributed by atoms with van der Waals surface area (Å²) in [6.07, 6.45) is 5.82. The van der Waals surface area contributed by atoms with Gasteiger partial charge in [0.2, 0.25) is 0 Å². The first-order valence-corrected chi connectivity index (χ1v) is 11.1. The molecule has 33 heavy (non-hydrogen) atoms. The quantitative estimate of drug-likeness (QED) is 0.576. The molecule has 0 unspecified atom stereocenters. The molecule has 168 valence electrons. The number of benzene rings is 1. The largest absolute Gasteiger partial charge is 0.493 e. The van der Waals surface area contributed by atoms with Gasteiger partial charge in [0.15, 0.2) is 5.82 Å². The highest BCUT2D eigenvalue weighted by Gasteiger charge is 2.24. The fraction of sp³-hybridized carbons (Fsp3) is 0.304. The van der Waals surface area contributed by atoms with Crippen LogP contribution in [0.2, 0.25) is 6.82 Å². The summed E-state index contributed by atoms with van der Waals surface area (Å²) < 4.78 is 5.57. The lowest BCUT2D eigenvalue weighted by Gasteiger charge is -2.37. The van der Waals surface area contributed by atoms with Crippen molar-refractivity contribution in [3.63, 3.8) is 0 Å². The summed E-state index contributed by atoms with van der Waals surface area (Å²) in [5, 5.41) is 12.8. The highest BCUT2D eigenvalue weighted by molar-refractivity contribution is 6.45. The topological polar surface area (TPSA) is 104 Å². The Bertz CT molecular complexity index is 1170. The van der Waals surface area contributed by atoms with Gasteiger partial charge in [0.05, 0.1) is 24.2 Å². The van der Waals surface area contributed by atoms with Crippen molar-refractivity contribution in [1.82, 2.24) is 19.8 Å². The minimum Gasteiger partial charge on any atom is -0.493 e. The average Bonchev–Trinajstić information content (AvgIpc) is 3.32. The number of anilines is 2. The molecule has 0 spiro atoms. The maximum Gasteiger partial charge on any atom is 0.376 e. The molecule has 4 heterocycles. The normalized spacial score (nSPS) is 15.6. The number of piperazine rings is 1. The first-order chi connectivity index (χ1) is 16.1. The number of rotatable bonds is 5. The lowest BCUT2D eigenvalue weighted by molar-refractivity contribution is 0.102. The van der Waals surface area contributed by atoms with Gasteiger partial charge >= 0.3 is 7.05 Å². The number of carbonyl (C=O) groups is 1. The summed E-state index contributed by atoms with van der Waals surface area (Å²) in [6.45, 7) is 5.45. The van der Waals surface area contributed by atoms with Crippen LogP contribution >= 0.6 is 0 Å². The fourth-order valence-corrected chi connectivity index (χ4v) is 4.23. The van der Waals surface area contributed by atoms with Crippen LogP contribution in [0.4, 0.5) is 11.4 Å². The minimum atomic E-state index is -0.464. The highest BCUT2D eigenvalue weighted by atomic mass is 16.5. The molecule has 1 saturated heterocycles. The first-order valence-electron chi connectivity index (χ1n) is 11.1. The second-order valence-corrected chi connectivity index (χ2v) is 8.19. The van der Waals surface area contributed by atoms with Crippen molar-refractivity contribution in [2.24, 2.45) is 0 Å². The van der Waals surface area contributed by atoms with Gasteiger partial charge in [0.25, 0.3) is 5.91 Å². The van der Waals surface area contributed by atoms with Crippen molar-refractivity contribution in [2.75, 3.05) is 43.0 Å². The smallest absolute Gasteiger partial charge is 0.376 e. The van der Waals surface area contributed by atoms with E-state index < -0.39 is 7.05 Å². The summed E-state index contributed by atoms with van der Waals surface area (Å²) in [7, 11) is -0.464. The Morgan fingerprint density at radius 1 is 1.15 bits per heavy atom. The third-order valence-electron chi connectivity index (χ3n) is 6.07. The lowest BCUT2D eigenvalue weighted by atomic mass is 9.84. The van der Waals surface area contributed by atoms with E-state index in [0.29, 0.717) is 18.1 Å². The number of fused-ring (bicyclic) bond motifs is 1. The van der Waals surface area contributed by atoms with Crippen molar-refractivity contribution in [3.05, 3.63) is 60.2 Å². The van der Waals surface area contributed by atoms with Gasteiger partial charge in [-0.05, 0) is 42.7 Å². The molecule has 0 aliphatic carbocycles. The maximum atomic E-state index is 13.1. The fourth-order valence-electron chi connectivity index (χ4n) is 4.23. The zero-order valence-corrected chi connectivity index (χ0v) is 18.4. The Hall–Kier alpha value is -3.50. The molecule has 5 rings (SSSR count). The standard InChI is InChI=1S/C23H25BN6O3/c1-24(32)30-11-9-29(10-12-30)20-5-7-25-15-19(20)28-23(31)18-4-8-26-22(27-18)17-2-3-21-16(14-17)6-13-33-21/h2-5,7-8,14-15,32H,6,9-13H2,1H3,(H,28,31). The molecule has 0 atom stereocenters. The molecule has 9 nitrogen and oxygen atoms in total. The Morgan fingerprint density at radius 2 is 2.00 bits per heavy atom. The maximum absolute atomic E-state index is 13.1. The van der Waals surface area contributed by atoms with Gasteiger partial charge in [0.1, 0.15) is 11.4 Å². The highest BCUT2D eigenvalue weighted by Crippen LogP contribution is 2.29. The monoisotopic (exact) mass is 444 g/mol. The molecule has 10 heteroatoms. The van der Waals surface area contributed by atoms with Crippen molar-refractivity contribution >= 4 is 24.3 Å². The van der Waals surface area contributed by atoms with Gasteiger partial charge in [0, 0.05) is 50.6 Å². The van der Waals surface area contributed by atoms with Crippen LogP contribution in [-0.2, 0) is 6.42 Å². The van der Waals surface area contributed by atoms with Crippen molar-refractivity contribution in [3.8, 4) is 17.1 Å². The summed E-state index contributed by atoms with van der Waals surface area (Å²) in [4.78, 5) is 30.3. The van der Waals surface area contributed by atoms with E-state index in [-0.39, 0.29) is 11.6 Å². The number of hydrogen-bond acceptors (Lipinski definition) is 8. The first kappa shape index (κ1) is 21.4. The summed E-state index contributed by atoms with van der Waals surface area (Å²) >= 11 is 0. The minimum absolute atomic E-state index is 0.283. The zero-order chi connectivity index (χ0) is 22.8. The predicted molar refractivity (Wildman–Crippen MR) is 126 cm³/mol. The van der Waals surface area contributed by atoms with E-state index in [4.69, 9.17) is 4.74 Å². The number of carbonyl (C=O) groups excluding carboxylic acids is 1. The molecule has 2 N–H and O–H groups in total. The molecule has 3 aromatic rings. The Labute approximate surface area is 192 Å². The third-order valence-corrected chi connectivity index (χ3v) is 6.07. The number of pyridine rings is 1. The van der Waals surface area contributed by atoms with E-state index in [9.17, 15) is 9.82 Å². The van der Waals surface area contributed by atoms with Gasteiger partial charge in [-0.15, -0.1) is 0 Å². The van der Waals surface area contributed by atoms with E-state index in [1.54, 1.807) is 31.5 Å². The van der Waals surface area contributed by atoms with Gasteiger partial charge in [-0.1, -0.05) is 0 Å². The Kier molecular flexibility index (Phi) is 5.93. The molecular formula is C23H25BN6O3. The van der Waals surface area contributed by atoms with Crippen LogP contribution in [0.5, 0.6) is 5.75 Å². The average molecular weight is 444 g/mol. The molecular weight excluding hydrogens is 419 g/mol. The number of nitrogens with one attached hydrogen (secondary N) is 1. The van der Waals surface area contributed by atoms with Crippen LogP contribution in [0.1, 0.15) is 16.1 Å². The van der Waals surface area contributed by atoms with Crippen molar-refractivity contribution < 1.29 is 14.6 Å². The van der Waals surface area contributed by atoms with Crippen LogP contribution in [0.15, 0.2) is 48.9 Å². The molecule has 1 amide bonds. The number of amides is 1. The number of hydrogen-bond donors (Lipinski definition) is 2. The van der Waals surface area contributed by atoms with Crippen molar-refractivity contribution in [2.45, 2.75) is 13.2 Å². The summed E-state index contributed by atoms with van der Waals surface area (Å²) in [6, 6.07) is 9.35. The molecule has 0 radical (unpaired) electrons. The van der Waals surface area contributed by atoms with Crippen LogP contribution in [-0.4, -0.2) is 70.5 Å². The van der Waals surface area contributed by atoms with E-state index in [0.717, 1.165) is 55.2 Å². The molecule has 2 aliphatic heterocycles. The zero-order valence-electron chi connectivity index (χ0n) is 18.4. The van der Waals surface area contributed by atoms with Gasteiger partial charge < -0.3 is 24.8 Å². The number of aromatic nitrogens is 3. The third kappa shape index (κ3) is 4.53. The van der Waals surface area contributed by atoms with Crippen LogP contribution in [0.3, 0.4) is 0 Å². The second-order valence-electron chi connectivity index (χ2n) is 8.19. The predicted octanol–water partition coefficient (Wildman–Crippen LogP) is 1.96. The number of ether oxygens (including phenoxy) is 1. The van der Waals surface area contributed by atoms with E-state index in [2.05, 4.69) is 25.2 Å². The van der Waals surface area contributed by atoms with Crippen molar-refractivity contribution in [1.29, 1.82) is 0 Å². The Morgan fingerprint density at radius 3 is 2.82 bits per heavy atom. The molecule has 2 aliphatic rings. The van der Waals surface area contributed by atoms with E-state index in [1.165, 1.54) is 0 Å². The Balaban J connectivity index is 1.33. The van der Waals surface area contributed by atoms with Gasteiger partial charge in [-0.25, -0.2) is 9.97 Å². The molecule has 1 aromatic carbocycles. The number of nitrogens with zero attached hydrogens (tertiary/aromatic N) is 5. The van der Waals surface area contributed by atoms with Gasteiger partial charge in [-0.2, -0.15) is 0 Å². The summed E-state index contributed by atoms with van der Waals surface area (Å²) in [5.74, 6) is 1.07. The SMILES string of the molecule is CB(O)N1CCN(c2ccncc2NC(=O)c2ccnc(-c3ccc4c(c3)CCO4)n2)CC1. The van der Waals surface area contributed by atoms with Crippen LogP contribution in [0.25, 0.3) is 11.4 Å². The summed E-state index contributed by atoms with van der Waals surface area (Å²) in [5.41, 5.74) is 3.79. The molecule has 0 bridgehead atoms. The van der Waals surface area contributed by atoms with Gasteiger partial charge in [-0.3, -0.25) is 9.78 Å². The molecule has 1 fully saturated rings. The molecule has 2 aromatic heterocycles. The van der Waals surface area contributed by atoms with E-state index in [1.807, 2.05) is 29.1 Å². The molecule has 0 saturated carbocycles. The van der Waals surface area contributed by atoms with Crippen LogP contribution in [0, 0.1) is 0 Å². The van der Waals surface area contributed by atoms with Crippen LogP contribution < -0.4 is 15.0 Å².